The lowest BCUT2D eigenvalue weighted by Gasteiger charge is -2.23. The number of nitrogens with one attached hydrogen (secondary N) is 1. The second-order valence-electron chi connectivity index (χ2n) is 5.50. The maximum absolute atomic E-state index is 11.9. The molecule has 16 heavy (non-hydrogen) atoms. The molecule has 1 rings (SSSR count). The summed E-state index contributed by atoms with van der Waals surface area (Å²) < 4.78 is 0. The fraction of sp³-hybridized carbons (Fsp3) is 0.923. The van der Waals surface area contributed by atoms with Gasteiger partial charge in [0.15, 0.2) is 0 Å². The van der Waals surface area contributed by atoms with Crippen LogP contribution in [0.4, 0.5) is 0 Å². The Morgan fingerprint density at radius 3 is 2.75 bits per heavy atom. The van der Waals surface area contributed by atoms with Gasteiger partial charge in [-0.1, -0.05) is 20.8 Å². The van der Waals surface area contributed by atoms with Crippen LogP contribution in [-0.2, 0) is 4.79 Å². The van der Waals surface area contributed by atoms with Crippen LogP contribution in [0, 0.1) is 5.41 Å². The summed E-state index contributed by atoms with van der Waals surface area (Å²) in [6.45, 7) is 10.3. The number of amides is 1. The molecule has 0 bridgehead atoms. The predicted molar refractivity (Wildman–Crippen MR) is 67.4 cm³/mol. The maximum Gasteiger partial charge on any atom is 0.223 e. The van der Waals surface area contributed by atoms with Crippen molar-refractivity contribution in [3.63, 3.8) is 0 Å². The predicted octanol–water partition coefficient (Wildman–Crippen LogP) is 2.02. The monoisotopic (exact) mass is 226 g/mol. The minimum Gasteiger partial charge on any atom is -0.343 e. The number of hydrogen-bond donors (Lipinski definition) is 1. The Morgan fingerprint density at radius 2 is 2.06 bits per heavy atom. The number of likely N-dealkylation sites (tertiary alicyclic amines) is 1. The average molecular weight is 226 g/mol. The SMILES string of the molecule is CCNCCC(=O)N1CCCC(C)(C)CC1. The first-order chi connectivity index (χ1) is 7.55. The van der Waals surface area contributed by atoms with E-state index in [2.05, 4.69) is 26.1 Å². The molecule has 0 radical (unpaired) electrons. The van der Waals surface area contributed by atoms with E-state index in [1.165, 1.54) is 6.42 Å². The van der Waals surface area contributed by atoms with Crippen LogP contribution in [0.25, 0.3) is 0 Å². The van der Waals surface area contributed by atoms with Crippen LogP contribution in [-0.4, -0.2) is 37.0 Å². The summed E-state index contributed by atoms with van der Waals surface area (Å²) in [5.41, 5.74) is 0.413. The van der Waals surface area contributed by atoms with Gasteiger partial charge in [-0.25, -0.2) is 0 Å². The van der Waals surface area contributed by atoms with Gasteiger partial charge in [-0.3, -0.25) is 4.79 Å². The van der Waals surface area contributed by atoms with Gasteiger partial charge in [0.25, 0.3) is 0 Å². The highest BCUT2D eigenvalue weighted by Crippen LogP contribution is 2.29. The van der Waals surface area contributed by atoms with E-state index in [0.29, 0.717) is 17.7 Å². The van der Waals surface area contributed by atoms with Crippen molar-refractivity contribution >= 4 is 5.91 Å². The van der Waals surface area contributed by atoms with Crippen LogP contribution in [0.1, 0.15) is 46.5 Å². The van der Waals surface area contributed by atoms with Crippen LogP contribution in [0.5, 0.6) is 0 Å². The molecule has 0 unspecified atom stereocenters. The van der Waals surface area contributed by atoms with Crippen LogP contribution < -0.4 is 5.32 Å². The van der Waals surface area contributed by atoms with Gasteiger partial charge in [-0.05, 0) is 31.2 Å². The van der Waals surface area contributed by atoms with E-state index in [1.807, 2.05) is 4.90 Å². The Bertz CT molecular complexity index is 226. The Kier molecular flexibility index (Phi) is 5.26. The van der Waals surface area contributed by atoms with E-state index in [0.717, 1.165) is 39.0 Å². The van der Waals surface area contributed by atoms with Crippen molar-refractivity contribution in [1.82, 2.24) is 10.2 Å². The third kappa shape index (κ3) is 4.52. The van der Waals surface area contributed by atoms with Gasteiger partial charge in [-0.15, -0.1) is 0 Å². The lowest BCUT2D eigenvalue weighted by atomic mass is 9.85. The molecule has 1 fully saturated rings. The van der Waals surface area contributed by atoms with Crippen LogP contribution >= 0.6 is 0 Å². The molecule has 3 heteroatoms. The normalized spacial score (nSPS) is 20.6. The highest BCUT2D eigenvalue weighted by Gasteiger charge is 2.24. The lowest BCUT2D eigenvalue weighted by molar-refractivity contribution is -0.131. The molecule has 0 aromatic carbocycles. The Morgan fingerprint density at radius 1 is 1.31 bits per heavy atom. The standard InChI is InChI=1S/C13H26N2O/c1-4-14-9-6-12(16)15-10-5-7-13(2,3)8-11-15/h14H,4-11H2,1-3H3. The fourth-order valence-electron chi connectivity index (χ4n) is 2.20. The fourth-order valence-corrected chi connectivity index (χ4v) is 2.20. The second-order valence-corrected chi connectivity index (χ2v) is 5.50. The lowest BCUT2D eigenvalue weighted by Crippen LogP contribution is -2.34. The zero-order chi connectivity index (χ0) is 12.0. The molecule has 0 aromatic rings. The van der Waals surface area contributed by atoms with E-state index >= 15 is 0 Å². The number of carbonyl (C=O) groups is 1. The summed E-state index contributed by atoms with van der Waals surface area (Å²) >= 11 is 0. The molecule has 0 spiro atoms. The van der Waals surface area contributed by atoms with E-state index < -0.39 is 0 Å². The van der Waals surface area contributed by atoms with Crippen LogP contribution in [0.2, 0.25) is 0 Å². The maximum atomic E-state index is 11.9. The van der Waals surface area contributed by atoms with E-state index in [-0.39, 0.29) is 0 Å². The quantitative estimate of drug-likeness (QED) is 0.744. The Hall–Kier alpha value is -0.570. The molecule has 1 aliphatic heterocycles. The third-order valence-corrected chi connectivity index (χ3v) is 3.46. The number of rotatable bonds is 4. The molecule has 1 N–H and O–H groups in total. The van der Waals surface area contributed by atoms with Crippen molar-refractivity contribution in [3.05, 3.63) is 0 Å². The van der Waals surface area contributed by atoms with Crippen molar-refractivity contribution in [2.24, 2.45) is 5.41 Å². The summed E-state index contributed by atoms with van der Waals surface area (Å²) in [7, 11) is 0. The molecule has 94 valence electrons. The topological polar surface area (TPSA) is 32.3 Å². The minimum atomic E-state index is 0.318. The molecule has 3 nitrogen and oxygen atoms in total. The number of nitrogens with zero attached hydrogens (tertiary/aromatic N) is 1. The number of carbonyl (C=O) groups excluding carboxylic acids is 1. The molecular weight excluding hydrogens is 200 g/mol. The molecule has 1 amide bonds. The van der Waals surface area contributed by atoms with Gasteiger partial charge < -0.3 is 10.2 Å². The highest BCUT2D eigenvalue weighted by molar-refractivity contribution is 5.76. The zero-order valence-electron chi connectivity index (χ0n) is 11.0. The van der Waals surface area contributed by atoms with E-state index in [1.54, 1.807) is 0 Å². The van der Waals surface area contributed by atoms with E-state index in [9.17, 15) is 4.79 Å². The third-order valence-electron chi connectivity index (χ3n) is 3.46. The van der Waals surface area contributed by atoms with Crippen molar-refractivity contribution in [3.8, 4) is 0 Å². The molecule has 1 saturated heterocycles. The molecular formula is C13H26N2O. The van der Waals surface area contributed by atoms with Crippen molar-refractivity contribution in [2.45, 2.75) is 46.5 Å². The van der Waals surface area contributed by atoms with Gasteiger partial charge in [-0.2, -0.15) is 0 Å². The van der Waals surface area contributed by atoms with E-state index in [4.69, 9.17) is 0 Å². The van der Waals surface area contributed by atoms with Gasteiger partial charge in [0.05, 0.1) is 0 Å². The van der Waals surface area contributed by atoms with Crippen molar-refractivity contribution < 1.29 is 4.79 Å². The molecule has 1 heterocycles. The van der Waals surface area contributed by atoms with Gasteiger partial charge >= 0.3 is 0 Å². The van der Waals surface area contributed by atoms with Gasteiger partial charge in [0.2, 0.25) is 5.91 Å². The first kappa shape index (κ1) is 13.5. The minimum absolute atomic E-state index is 0.318. The van der Waals surface area contributed by atoms with Crippen LogP contribution in [0.3, 0.4) is 0 Å². The Labute approximate surface area is 99.6 Å². The molecule has 0 aromatic heterocycles. The summed E-state index contributed by atoms with van der Waals surface area (Å²) in [5, 5.41) is 3.20. The second kappa shape index (κ2) is 6.24. The number of hydrogen-bond acceptors (Lipinski definition) is 2. The average Bonchev–Trinajstić information content (AvgIpc) is 2.39. The Balaban J connectivity index is 2.33. The first-order valence-corrected chi connectivity index (χ1v) is 6.54. The van der Waals surface area contributed by atoms with Crippen LogP contribution in [0.15, 0.2) is 0 Å². The summed E-state index contributed by atoms with van der Waals surface area (Å²) in [4.78, 5) is 14.0. The van der Waals surface area contributed by atoms with Crippen molar-refractivity contribution in [2.75, 3.05) is 26.2 Å². The summed E-state index contributed by atoms with van der Waals surface area (Å²) in [6.07, 6.45) is 4.18. The highest BCUT2D eigenvalue weighted by atomic mass is 16.2. The summed E-state index contributed by atoms with van der Waals surface area (Å²) in [6, 6.07) is 0. The largest absolute Gasteiger partial charge is 0.343 e. The molecule has 1 aliphatic rings. The summed E-state index contributed by atoms with van der Waals surface area (Å²) in [5.74, 6) is 0.318. The van der Waals surface area contributed by atoms with Gasteiger partial charge in [0.1, 0.15) is 0 Å². The molecule has 0 atom stereocenters. The van der Waals surface area contributed by atoms with Crippen molar-refractivity contribution in [1.29, 1.82) is 0 Å². The molecule has 0 saturated carbocycles. The first-order valence-electron chi connectivity index (χ1n) is 6.54. The zero-order valence-corrected chi connectivity index (χ0v) is 11.0. The van der Waals surface area contributed by atoms with Gasteiger partial charge in [0, 0.05) is 26.1 Å². The smallest absolute Gasteiger partial charge is 0.223 e. The molecule has 0 aliphatic carbocycles.